The van der Waals surface area contributed by atoms with Gasteiger partial charge in [-0.3, -0.25) is 15.1 Å². The smallest absolute Gasteiger partial charge is 0.309 e. The number of hydrogen-bond donors (Lipinski definition) is 1. The number of hydroxylamine groups is 1. The predicted molar refractivity (Wildman–Crippen MR) is 88.7 cm³/mol. The Kier molecular flexibility index (Phi) is 8.27. The van der Waals surface area contributed by atoms with E-state index in [1.165, 1.54) is 7.11 Å². The zero-order valence-electron chi connectivity index (χ0n) is 12.9. The summed E-state index contributed by atoms with van der Waals surface area (Å²) in [6.45, 7) is 1.25. The highest BCUT2D eigenvalue weighted by atomic mass is 35.5. The van der Waals surface area contributed by atoms with E-state index >= 15 is 0 Å². The van der Waals surface area contributed by atoms with Crippen LogP contribution in [0.5, 0.6) is 0 Å². The zero-order chi connectivity index (χ0) is 16.5. The van der Waals surface area contributed by atoms with Crippen LogP contribution in [0.1, 0.15) is 12.0 Å². The molecule has 0 spiro atoms. The van der Waals surface area contributed by atoms with Crippen LogP contribution >= 0.6 is 23.2 Å². The van der Waals surface area contributed by atoms with Crippen molar-refractivity contribution in [2.24, 2.45) is 0 Å². The minimum absolute atomic E-state index is 0.121. The molecule has 1 rings (SSSR count). The van der Waals surface area contributed by atoms with Crippen molar-refractivity contribution in [3.63, 3.8) is 0 Å². The average Bonchev–Trinajstić information content (AvgIpc) is 2.48. The van der Waals surface area contributed by atoms with Crippen LogP contribution in [0.15, 0.2) is 24.3 Å². The molecule has 0 radical (unpaired) electrons. The van der Waals surface area contributed by atoms with Crippen LogP contribution < -0.4 is 5.48 Å². The molecule has 1 aromatic rings. The topological polar surface area (TPSA) is 50.8 Å². The zero-order valence-corrected chi connectivity index (χ0v) is 14.4. The lowest BCUT2D eigenvalue weighted by molar-refractivity contribution is -0.139. The second kappa shape index (κ2) is 9.69. The van der Waals surface area contributed by atoms with Crippen molar-refractivity contribution in [2.75, 3.05) is 34.4 Å². The fourth-order valence-electron chi connectivity index (χ4n) is 1.51. The van der Waals surface area contributed by atoms with E-state index in [0.29, 0.717) is 22.3 Å². The number of carbonyl (C=O) groups is 1. The Balaban J connectivity index is 2.80. The van der Waals surface area contributed by atoms with Gasteiger partial charge in [-0.1, -0.05) is 29.3 Å². The first-order valence-electron chi connectivity index (χ1n) is 6.69. The number of halogens is 2. The van der Waals surface area contributed by atoms with Crippen molar-refractivity contribution in [2.45, 2.75) is 6.42 Å². The first kappa shape index (κ1) is 18.8. The van der Waals surface area contributed by atoms with Gasteiger partial charge in [-0.2, -0.15) is 0 Å². The van der Waals surface area contributed by atoms with E-state index in [-0.39, 0.29) is 12.4 Å². The maximum atomic E-state index is 11.3. The van der Waals surface area contributed by atoms with Crippen LogP contribution in [-0.2, 0) is 14.4 Å². The fraction of sp³-hybridized carbons (Fsp3) is 0.400. The van der Waals surface area contributed by atoms with Crippen molar-refractivity contribution in [1.29, 1.82) is 0 Å². The third-order valence-corrected chi connectivity index (χ3v) is 3.49. The molecule has 5 nitrogen and oxygen atoms in total. The molecular formula is C15H20Cl2N2O3. The number of carbonyl (C=O) groups excluding carboxylic acids is 1. The van der Waals surface area contributed by atoms with Crippen LogP contribution in [0.2, 0.25) is 10.0 Å². The normalized spacial score (nSPS) is 11.6. The van der Waals surface area contributed by atoms with Gasteiger partial charge >= 0.3 is 5.97 Å². The minimum Gasteiger partial charge on any atom is -0.469 e. The third kappa shape index (κ3) is 6.66. The van der Waals surface area contributed by atoms with Gasteiger partial charge in [-0.25, -0.2) is 0 Å². The van der Waals surface area contributed by atoms with Crippen LogP contribution in [0.3, 0.4) is 0 Å². The number of hydrogen-bond acceptors (Lipinski definition) is 5. The molecule has 0 aromatic heterocycles. The molecule has 7 heteroatoms. The summed E-state index contributed by atoms with van der Waals surface area (Å²) in [5.41, 5.74) is 4.24. The maximum Gasteiger partial charge on any atom is 0.309 e. The Morgan fingerprint density at radius 1 is 1.32 bits per heavy atom. The number of rotatable bonds is 8. The summed E-state index contributed by atoms with van der Waals surface area (Å²) in [7, 11) is 5.25. The van der Waals surface area contributed by atoms with Crippen molar-refractivity contribution < 1.29 is 14.4 Å². The van der Waals surface area contributed by atoms with Crippen molar-refractivity contribution in [1.82, 2.24) is 10.4 Å². The highest BCUT2D eigenvalue weighted by Gasteiger charge is 2.07. The van der Waals surface area contributed by atoms with Gasteiger partial charge in [0.2, 0.25) is 0 Å². The molecule has 0 aliphatic rings. The molecule has 22 heavy (non-hydrogen) atoms. The van der Waals surface area contributed by atoms with Gasteiger partial charge in [-0.15, -0.1) is 0 Å². The maximum absolute atomic E-state index is 11.3. The Hall–Kier alpha value is -1.27. The molecule has 0 atom stereocenters. The molecule has 0 fully saturated rings. The van der Waals surface area contributed by atoms with Gasteiger partial charge in [0.25, 0.3) is 0 Å². The first-order valence-corrected chi connectivity index (χ1v) is 7.44. The van der Waals surface area contributed by atoms with Gasteiger partial charge in [0.1, 0.15) is 0 Å². The second-order valence-corrected chi connectivity index (χ2v) is 5.60. The number of ether oxygens (including phenoxy) is 1. The van der Waals surface area contributed by atoms with E-state index in [1.54, 1.807) is 24.3 Å². The van der Waals surface area contributed by atoms with Gasteiger partial charge in [0.05, 0.1) is 35.9 Å². The van der Waals surface area contributed by atoms with Crippen LogP contribution in [0, 0.1) is 0 Å². The van der Waals surface area contributed by atoms with Gasteiger partial charge < -0.3 is 9.64 Å². The quantitative estimate of drug-likeness (QED) is 0.445. The van der Waals surface area contributed by atoms with Gasteiger partial charge in [-0.05, 0) is 32.3 Å². The summed E-state index contributed by atoms with van der Waals surface area (Å²) < 4.78 is 4.63. The molecule has 1 aromatic carbocycles. The lowest BCUT2D eigenvalue weighted by atomic mass is 10.1. The lowest BCUT2D eigenvalue weighted by Crippen LogP contribution is -2.23. The molecular weight excluding hydrogens is 327 g/mol. The van der Waals surface area contributed by atoms with Crippen molar-refractivity contribution in [3.8, 4) is 0 Å². The first-order chi connectivity index (χ1) is 10.4. The lowest BCUT2D eigenvalue weighted by Gasteiger charge is -2.14. The van der Waals surface area contributed by atoms with E-state index in [4.69, 9.17) is 28.0 Å². The summed E-state index contributed by atoms with van der Waals surface area (Å²) >= 11 is 11.9. The molecule has 0 heterocycles. The summed E-state index contributed by atoms with van der Waals surface area (Å²) in [5, 5.41) is 0.893. The molecule has 122 valence electrons. The minimum atomic E-state index is -0.340. The van der Waals surface area contributed by atoms with E-state index < -0.39 is 0 Å². The predicted octanol–water partition coefficient (Wildman–Crippen LogP) is 2.98. The van der Waals surface area contributed by atoms with Crippen molar-refractivity contribution in [3.05, 3.63) is 39.9 Å². The molecule has 0 bridgehead atoms. The van der Waals surface area contributed by atoms with E-state index in [1.807, 2.05) is 19.0 Å². The number of nitrogens with one attached hydrogen (secondary N) is 1. The molecule has 0 amide bonds. The molecule has 0 saturated heterocycles. The summed E-state index contributed by atoms with van der Waals surface area (Å²) in [6, 6.07) is 5.18. The van der Waals surface area contributed by atoms with Crippen LogP contribution in [0.4, 0.5) is 0 Å². The number of benzene rings is 1. The highest BCUT2D eigenvalue weighted by molar-refractivity contribution is 6.42. The Morgan fingerprint density at radius 3 is 2.64 bits per heavy atom. The highest BCUT2D eigenvalue weighted by Crippen LogP contribution is 2.25. The van der Waals surface area contributed by atoms with Crippen LogP contribution in [-0.4, -0.2) is 45.2 Å². The molecule has 0 unspecified atom stereocenters. The Labute approximate surface area is 140 Å². The van der Waals surface area contributed by atoms with Gasteiger partial charge in [0, 0.05) is 12.1 Å². The van der Waals surface area contributed by atoms with E-state index in [9.17, 15) is 4.79 Å². The third-order valence-electron chi connectivity index (χ3n) is 2.75. The van der Waals surface area contributed by atoms with E-state index in [0.717, 1.165) is 12.1 Å². The molecule has 0 saturated carbocycles. The van der Waals surface area contributed by atoms with E-state index in [2.05, 4.69) is 10.2 Å². The average molecular weight is 347 g/mol. The summed E-state index contributed by atoms with van der Waals surface area (Å²) in [6.07, 6.45) is 1.80. The van der Waals surface area contributed by atoms with Crippen molar-refractivity contribution >= 4 is 34.9 Å². The number of methoxy groups -OCH3 is 1. The number of nitrogens with zero attached hydrogens (tertiary/aromatic N) is 1. The van der Waals surface area contributed by atoms with Gasteiger partial charge in [0.15, 0.2) is 0 Å². The Morgan fingerprint density at radius 2 is 2.05 bits per heavy atom. The number of esters is 1. The number of likely N-dealkylation sites (N-methyl/N-ethyl adjacent to an activating group) is 1. The Bertz CT molecular complexity index is 534. The summed E-state index contributed by atoms with van der Waals surface area (Å²) in [4.78, 5) is 18.7. The van der Waals surface area contributed by atoms with Crippen LogP contribution in [0.25, 0.3) is 5.70 Å². The standard InChI is InChI=1S/C15H20Cl2N2O3/c1-19(2)8-9-22-18-14(6-7-15(20)21-3)11-4-5-12(16)13(17)10-11/h4-6,10,18H,7-9H2,1-3H3. The monoisotopic (exact) mass is 346 g/mol. The summed E-state index contributed by atoms with van der Waals surface area (Å²) in [5.74, 6) is -0.340. The fourth-order valence-corrected chi connectivity index (χ4v) is 1.81. The SMILES string of the molecule is COC(=O)CC=C(NOCCN(C)C)c1ccc(Cl)c(Cl)c1. The molecule has 1 N–H and O–H groups in total. The second-order valence-electron chi connectivity index (χ2n) is 4.78. The molecule has 0 aliphatic carbocycles. The molecule has 0 aliphatic heterocycles. The largest absolute Gasteiger partial charge is 0.469 e.